The summed E-state index contributed by atoms with van der Waals surface area (Å²) in [5, 5.41) is 0. The lowest BCUT2D eigenvalue weighted by Gasteiger charge is -2.45. The molecule has 0 saturated carbocycles. The first-order valence-corrected chi connectivity index (χ1v) is 8.49. The molecule has 1 aromatic carbocycles. The third-order valence-electron chi connectivity index (χ3n) is 5.38. The summed E-state index contributed by atoms with van der Waals surface area (Å²) in [7, 11) is 2.27. The van der Waals surface area contributed by atoms with Crippen LogP contribution in [0.15, 0.2) is 30.3 Å². The van der Waals surface area contributed by atoms with Gasteiger partial charge in [-0.2, -0.15) is 0 Å². The van der Waals surface area contributed by atoms with Gasteiger partial charge in [0.15, 0.2) is 0 Å². The molecule has 116 valence electrons. The molecule has 0 radical (unpaired) electrons. The molecule has 2 saturated heterocycles. The summed E-state index contributed by atoms with van der Waals surface area (Å²) in [6.07, 6.45) is 2.69. The monoisotopic (exact) mass is 287 g/mol. The van der Waals surface area contributed by atoms with Crippen molar-refractivity contribution in [3.63, 3.8) is 0 Å². The van der Waals surface area contributed by atoms with Crippen LogP contribution in [0.5, 0.6) is 0 Å². The maximum atomic E-state index is 2.75. The van der Waals surface area contributed by atoms with Crippen LogP contribution in [0, 0.1) is 0 Å². The highest BCUT2D eigenvalue weighted by Crippen LogP contribution is 2.27. The van der Waals surface area contributed by atoms with Crippen LogP contribution in [-0.4, -0.2) is 67.1 Å². The van der Waals surface area contributed by atoms with E-state index in [-0.39, 0.29) is 0 Å². The van der Waals surface area contributed by atoms with E-state index in [1.54, 1.807) is 0 Å². The molecule has 21 heavy (non-hydrogen) atoms. The zero-order chi connectivity index (χ0) is 14.7. The minimum atomic E-state index is 0.559. The van der Waals surface area contributed by atoms with E-state index in [1.165, 1.54) is 57.7 Å². The van der Waals surface area contributed by atoms with Gasteiger partial charge in [0.2, 0.25) is 0 Å². The Kier molecular flexibility index (Phi) is 4.94. The van der Waals surface area contributed by atoms with Crippen molar-refractivity contribution in [2.45, 2.75) is 31.8 Å². The number of rotatable bonds is 3. The van der Waals surface area contributed by atoms with E-state index in [1.807, 2.05) is 0 Å². The second-order valence-electron chi connectivity index (χ2n) is 6.57. The molecule has 1 atom stereocenters. The molecule has 0 aliphatic carbocycles. The topological polar surface area (TPSA) is 9.72 Å². The van der Waals surface area contributed by atoms with Gasteiger partial charge in [-0.1, -0.05) is 37.3 Å². The number of hydrogen-bond acceptors (Lipinski definition) is 3. The average Bonchev–Trinajstić information content (AvgIpc) is 2.56. The second-order valence-corrected chi connectivity index (χ2v) is 6.57. The molecule has 3 rings (SSSR count). The summed E-state index contributed by atoms with van der Waals surface area (Å²) in [6, 6.07) is 12.4. The molecule has 3 nitrogen and oxygen atoms in total. The van der Waals surface area contributed by atoms with Crippen molar-refractivity contribution < 1.29 is 0 Å². The quantitative estimate of drug-likeness (QED) is 0.845. The van der Waals surface area contributed by atoms with Crippen LogP contribution in [-0.2, 0) is 0 Å². The molecule has 0 aromatic heterocycles. The molecule has 0 amide bonds. The lowest BCUT2D eigenvalue weighted by molar-refractivity contribution is 0.0370. The standard InChI is InChI=1S/C18H29N3/c1-3-20-11-9-17(10-12-20)21-14-13-19(2)18(15-21)16-7-5-4-6-8-16/h4-8,17-18H,3,9-15H2,1-2H3. The van der Waals surface area contributed by atoms with Crippen molar-refractivity contribution in [3.05, 3.63) is 35.9 Å². The molecule has 2 heterocycles. The van der Waals surface area contributed by atoms with Gasteiger partial charge >= 0.3 is 0 Å². The fraction of sp³-hybridized carbons (Fsp3) is 0.667. The number of nitrogens with zero attached hydrogens (tertiary/aromatic N) is 3. The van der Waals surface area contributed by atoms with Crippen LogP contribution in [0.1, 0.15) is 31.4 Å². The molecule has 2 fully saturated rings. The SMILES string of the molecule is CCN1CCC(N2CCN(C)C(c3ccccc3)C2)CC1. The van der Waals surface area contributed by atoms with E-state index >= 15 is 0 Å². The van der Waals surface area contributed by atoms with Crippen LogP contribution in [0.4, 0.5) is 0 Å². The van der Waals surface area contributed by atoms with Crippen LogP contribution >= 0.6 is 0 Å². The van der Waals surface area contributed by atoms with Crippen LogP contribution in [0.2, 0.25) is 0 Å². The van der Waals surface area contributed by atoms with Gasteiger partial charge in [-0.15, -0.1) is 0 Å². The molecular weight excluding hydrogens is 258 g/mol. The third-order valence-corrected chi connectivity index (χ3v) is 5.38. The lowest BCUT2D eigenvalue weighted by Crippen LogP contribution is -2.53. The van der Waals surface area contributed by atoms with Crippen LogP contribution in [0.25, 0.3) is 0 Å². The highest BCUT2D eigenvalue weighted by Gasteiger charge is 2.31. The van der Waals surface area contributed by atoms with Gasteiger partial charge in [-0.25, -0.2) is 0 Å². The Hall–Kier alpha value is -0.900. The van der Waals surface area contributed by atoms with Gasteiger partial charge in [-0.3, -0.25) is 9.80 Å². The van der Waals surface area contributed by atoms with Crippen molar-refractivity contribution >= 4 is 0 Å². The maximum Gasteiger partial charge on any atom is 0.0472 e. The van der Waals surface area contributed by atoms with Crippen molar-refractivity contribution in [2.75, 3.05) is 46.3 Å². The number of hydrogen-bond donors (Lipinski definition) is 0. The molecule has 3 heteroatoms. The first-order chi connectivity index (χ1) is 10.3. The van der Waals surface area contributed by atoms with Gasteiger partial charge in [-0.05, 0) is 45.1 Å². The molecule has 1 aromatic rings. The minimum Gasteiger partial charge on any atom is -0.303 e. The van der Waals surface area contributed by atoms with Crippen molar-refractivity contribution in [2.24, 2.45) is 0 Å². The van der Waals surface area contributed by atoms with Crippen LogP contribution in [0.3, 0.4) is 0 Å². The van der Waals surface area contributed by atoms with Crippen molar-refractivity contribution in [3.8, 4) is 0 Å². The zero-order valence-corrected chi connectivity index (χ0v) is 13.5. The Morgan fingerprint density at radius 3 is 2.38 bits per heavy atom. The van der Waals surface area contributed by atoms with Gasteiger partial charge in [0.05, 0.1) is 0 Å². The lowest BCUT2D eigenvalue weighted by atomic mass is 9.98. The van der Waals surface area contributed by atoms with E-state index in [0.717, 1.165) is 6.04 Å². The molecule has 2 aliphatic rings. The summed E-state index contributed by atoms with van der Waals surface area (Å²) in [4.78, 5) is 7.86. The summed E-state index contributed by atoms with van der Waals surface area (Å²) in [6.45, 7) is 9.66. The van der Waals surface area contributed by atoms with E-state index in [2.05, 4.69) is 59.0 Å². The molecule has 2 aliphatic heterocycles. The van der Waals surface area contributed by atoms with Crippen molar-refractivity contribution in [1.29, 1.82) is 0 Å². The first-order valence-electron chi connectivity index (χ1n) is 8.49. The highest BCUT2D eigenvalue weighted by molar-refractivity contribution is 5.20. The Morgan fingerprint density at radius 2 is 1.71 bits per heavy atom. The van der Waals surface area contributed by atoms with E-state index in [9.17, 15) is 0 Å². The Morgan fingerprint density at radius 1 is 1.00 bits per heavy atom. The zero-order valence-electron chi connectivity index (χ0n) is 13.5. The second kappa shape index (κ2) is 6.91. The summed E-state index contributed by atoms with van der Waals surface area (Å²) < 4.78 is 0. The first kappa shape index (κ1) is 15.0. The minimum absolute atomic E-state index is 0.559. The molecule has 0 spiro atoms. The number of piperidine rings is 1. The van der Waals surface area contributed by atoms with Gasteiger partial charge in [0.25, 0.3) is 0 Å². The van der Waals surface area contributed by atoms with Crippen molar-refractivity contribution in [1.82, 2.24) is 14.7 Å². The predicted octanol–water partition coefficient (Wildman–Crippen LogP) is 2.46. The highest BCUT2D eigenvalue weighted by atomic mass is 15.3. The maximum absolute atomic E-state index is 2.75. The number of benzene rings is 1. The summed E-state index contributed by atoms with van der Waals surface area (Å²) in [5.74, 6) is 0. The number of likely N-dealkylation sites (tertiary alicyclic amines) is 1. The Labute approximate surface area is 129 Å². The molecular formula is C18H29N3. The predicted molar refractivity (Wildman–Crippen MR) is 88.5 cm³/mol. The third kappa shape index (κ3) is 3.47. The Balaban J connectivity index is 1.63. The van der Waals surface area contributed by atoms with Gasteiger partial charge in [0.1, 0.15) is 0 Å². The van der Waals surface area contributed by atoms with E-state index < -0.39 is 0 Å². The average molecular weight is 287 g/mol. The van der Waals surface area contributed by atoms with Crippen LogP contribution < -0.4 is 0 Å². The summed E-state index contributed by atoms with van der Waals surface area (Å²) in [5.41, 5.74) is 1.47. The number of likely N-dealkylation sites (N-methyl/N-ethyl adjacent to an activating group) is 1. The largest absolute Gasteiger partial charge is 0.303 e. The normalized spacial score (nSPS) is 27.0. The van der Waals surface area contributed by atoms with E-state index in [0.29, 0.717) is 6.04 Å². The number of piperazine rings is 1. The van der Waals surface area contributed by atoms with Gasteiger partial charge in [0, 0.05) is 31.7 Å². The Bertz CT molecular complexity index is 425. The fourth-order valence-electron chi connectivity index (χ4n) is 3.86. The smallest absolute Gasteiger partial charge is 0.0472 e. The summed E-state index contributed by atoms with van der Waals surface area (Å²) >= 11 is 0. The molecule has 1 unspecified atom stereocenters. The molecule has 0 N–H and O–H groups in total. The van der Waals surface area contributed by atoms with E-state index in [4.69, 9.17) is 0 Å². The van der Waals surface area contributed by atoms with Gasteiger partial charge < -0.3 is 4.90 Å². The molecule has 0 bridgehead atoms. The fourth-order valence-corrected chi connectivity index (χ4v) is 3.86.